The summed E-state index contributed by atoms with van der Waals surface area (Å²) in [5.74, 6) is -0.0344. The van der Waals surface area contributed by atoms with Gasteiger partial charge in [0.2, 0.25) is 0 Å². The maximum Gasteiger partial charge on any atom is 0.125 e. The van der Waals surface area contributed by atoms with E-state index in [0.29, 0.717) is 0 Å². The van der Waals surface area contributed by atoms with Gasteiger partial charge in [0.1, 0.15) is 5.60 Å². The van der Waals surface area contributed by atoms with E-state index in [1.807, 2.05) is 66.7 Å². The number of aliphatic hydroxyl groups is 1. The fraction of sp³-hybridized carbons (Fsp3) is 0.111. The Bertz CT molecular complexity index is 604. The third-order valence-electron chi connectivity index (χ3n) is 3.73. The lowest BCUT2D eigenvalue weighted by Crippen LogP contribution is -2.35. The van der Waals surface area contributed by atoms with Gasteiger partial charge in [-0.2, -0.15) is 0 Å². The zero-order valence-electron chi connectivity index (χ0n) is 10.9. The molecule has 2 aromatic carbocycles. The third kappa shape index (κ3) is 2.23. The summed E-state index contributed by atoms with van der Waals surface area (Å²) < 4.78 is 1.15. The molecule has 1 nitrogen and oxygen atoms in total. The van der Waals surface area contributed by atoms with Crippen LogP contribution >= 0.6 is 22.6 Å². The summed E-state index contributed by atoms with van der Waals surface area (Å²) in [4.78, 5) is 0. The van der Waals surface area contributed by atoms with E-state index in [1.165, 1.54) is 0 Å². The molecule has 0 bridgehead atoms. The zero-order valence-corrected chi connectivity index (χ0v) is 13.1. The minimum Gasteiger partial charge on any atom is -0.379 e. The summed E-state index contributed by atoms with van der Waals surface area (Å²) >= 11 is 2.31. The number of halogens is 1. The molecule has 0 aliphatic heterocycles. The molecule has 2 aromatic rings. The first-order chi connectivity index (χ1) is 9.73. The predicted molar refractivity (Wildman–Crippen MR) is 90.6 cm³/mol. The second kappa shape index (κ2) is 5.54. The first-order valence-electron chi connectivity index (χ1n) is 6.60. The minimum atomic E-state index is -1.03. The molecule has 0 saturated carbocycles. The lowest BCUT2D eigenvalue weighted by atomic mass is 9.76. The van der Waals surface area contributed by atoms with Gasteiger partial charge in [0.25, 0.3) is 0 Å². The minimum absolute atomic E-state index is 0.0344. The van der Waals surface area contributed by atoms with Gasteiger partial charge < -0.3 is 5.11 Å². The van der Waals surface area contributed by atoms with E-state index in [1.54, 1.807) is 0 Å². The van der Waals surface area contributed by atoms with Crippen molar-refractivity contribution in [3.05, 3.63) is 93.6 Å². The van der Waals surface area contributed by atoms with Crippen LogP contribution in [-0.4, -0.2) is 5.11 Å². The second-order valence-electron chi connectivity index (χ2n) is 4.91. The highest BCUT2D eigenvalue weighted by Gasteiger charge is 2.41. The molecular weight excluding hydrogens is 359 g/mol. The molecular formula is C18H15IO. The predicted octanol–water partition coefficient (Wildman–Crippen LogP) is 4.43. The Kier molecular flexibility index (Phi) is 3.76. The number of benzene rings is 2. The molecule has 1 aliphatic rings. The Balaban J connectivity index is 2.18. The van der Waals surface area contributed by atoms with E-state index in [9.17, 15) is 5.11 Å². The highest BCUT2D eigenvalue weighted by molar-refractivity contribution is 14.1. The van der Waals surface area contributed by atoms with Gasteiger partial charge >= 0.3 is 0 Å². The molecule has 0 amide bonds. The number of hydrogen-bond acceptors (Lipinski definition) is 1. The maximum absolute atomic E-state index is 11.5. The van der Waals surface area contributed by atoms with Gasteiger partial charge in [-0.05, 0) is 33.7 Å². The van der Waals surface area contributed by atoms with Crippen molar-refractivity contribution in [2.24, 2.45) is 5.92 Å². The molecule has 1 aliphatic carbocycles. The summed E-state index contributed by atoms with van der Waals surface area (Å²) in [6.07, 6.45) is 6.15. The van der Waals surface area contributed by atoms with Crippen LogP contribution in [0.5, 0.6) is 0 Å². The first kappa shape index (κ1) is 13.6. The monoisotopic (exact) mass is 374 g/mol. The van der Waals surface area contributed by atoms with Gasteiger partial charge in [-0.3, -0.25) is 0 Å². The summed E-state index contributed by atoms with van der Waals surface area (Å²) in [5.41, 5.74) is 0.818. The van der Waals surface area contributed by atoms with Gasteiger partial charge in [0, 0.05) is 9.50 Å². The first-order valence-corrected chi connectivity index (χ1v) is 7.68. The Hall–Kier alpha value is -1.39. The largest absolute Gasteiger partial charge is 0.379 e. The smallest absolute Gasteiger partial charge is 0.125 e. The van der Waals surface area contributed by atoms with Crippen LogP contribution in [-0.2, 0) is 5.60 Å². The fourth-order valence-electron chi connectivity index (χ4n) is 2.70. The maximum atomic E-state index is 11.5. The number of hydrogen-bond donors (Lipinski definition) is 1. The normalized spacial score (nSPS) is 18.1. The molecule has 0 heterocycles. The van der Waals surface area contributed by atoms with Crippen LogP contribution < -0.4 is 0 Å². The lowest BCUT2D eigenvalue weighted by molar-refractivity contribution is 0.0542. The van der Waals surface area contributed by atoms with Crippen molar-refractivity contribution in [3.63, 3.8) is 0 Å². The average Bonchev–Trinajstić information content (AvgIpc) is 2.95. The lowest BCUT2D eigenvalue weighted by Gasteiger charge is -2.35. The molecule has 1 N–H and O–H groups in total. The van der Waals surface area contributed by atoms with Crippen molar-refractivity contribution in [2.75, 3.05) is 0 Å². The Morgan fingerprint density at radius 3 is 1.75 bits per heavy atom. The van der Waals surface area contributed by atoms with Crippen molar-refractivity contribution in [2.45, 2.75) is 5.60 Å². The molecule has 2 heteroatoms. The van der Waals surface area contributed by atoms with Crippen LogP contribution in [0.4, 0.5) is 0 Å². The Morgan fingerprint density at radius 2 is 1.35 bits per heavy atom. The molecule has 0 spiro atoms. The van der Waals surface area contributed by atoms with Gasteiger partial charge in [-0.1, -0.05) is 78.9 Å². The van der Waals surface area contributed by atoms with Crippen LogP contribution in [0, 0.1) is 5.92 Å². The van der Waals surface area contributed by atoms with Crippen LogP contribution in [0.2, 0.25) is 0 Å². The number of allylic oxidation sites excluding steroid dienone is 2. The van der Waals surface area contributed by atoms with E-state index < -0.39 is 5.60 Å². The van der Waals surface area contributed by atoms with Crippen molar-refractivity contribution < 1.29 is 5.11 Å². The van der Waals surface area contributed by atoms with E-state index in [2.05, 4.69) is 34.7 Å². The van der Waals surface area contributed by atoms with Crippen molar-refractivity contribution in [1.82, 2.24) is 0 Å². The van der Waals surface area contributed by atoms with Crippen LogP contribution in [0.15, 0.2) is 82.5 Å². The second-order valence-corrected chi connectivity index (χ2v) is 6.16. The zero-order chi connectivity index (χ0) is 14.0. The Labute approximate surface area is 132 Å². The molecule has 20 heavy (non-hydrogen) atoms. The van der Waals surface area contributed by atoms with E-state index >= 15 is 0 Å². The summed E-state index contributed by atoms with van der Waals surface area (Å²) in [5, 5.41) is 11.5. The van der Waals surface area contributed by atoms with Crippen molar-refractivity contribution in [3.8, 4) is 0 Å². The summed E-state index contributed by atoms with van der Waals surface area (Å²) in [6.45, 7) is 0. The molecule has 3 rings (SSSR count). The highest BCUT2D eigenvalue weighted by atomic mass is 127. The summed E-state index contributed by atoms with van der Waals surface area (Å²) in [7, 11) is 0. The van der Waals surface area contributed by atoms with Crippen molar-refractivity contribution in [1.29, 1.82) is 0 Å². The van der Waals surface area contributed by atoms with Gasteiger partial charge in [-0.15, -0.1) is 0 Å². The van der Waals surface area contributed by atoms with Crippen LogP contribution in [0.1, 0.15) is 11.1 Å². The fourth-order valence-corrected chi connectivity index (χ4v) is 3.57. The molecule has 0 saturated heterocycles. The highest BCUT2D eigenvalue weighted by Crippen LogP contribution is 2.44. The molecule has 0 radical (unpaired) electrons. The number of rotatable bonds is 3. The van der Waals surface area contributed by atoms with Crippen LogP contribution in [0.3, 0.4) is 0 Å². The van der Waals surface area contributed by atoms with Crippen LogP contribution in [0.25, 0.3) is 0 Å². The third-order valence-corrected chi connectivity index (χ3v) is 4.76. The Morgan fingerprint density at radius 1 is 0.850 bits per heavy atom. The standard InChI is InChI=1S/C18H15IO/c19-17-13-7-12-16(17)18(20,14-8-3-1-4-9-14)15-10-5-2-6-11-15/h1-13,16,20H. The van der Waals surface area contributed by atoms with E-state index in [4.69, 9.17) is 0 Å². The summed E-state index contributed by atoms with van der Waals surface area (Å²) in [6, 6.07) is 19.8. The van der Waals surface area contributed by atoms with Gasteiger partial charge in [-0.25, -0.2) is 0 Å². The molecule has 100 valence electrons. The average molecular weight is 374 g/mol. The molecule has 0 aromatic heterocycles. The van der Waals surface area contributed by atoms with E-state index in [-0.39, 0.29) is 5.92 Å². The van der Waals surface area contributed by atoms with Crippen molar-refractivity contribution >= 4 is 22.6 Å². The van der Waals surface area contributed by atoms with Gasteiger partial charge in [0.15, 0.2) is 0 Å². The topological polar surface area (TPSA) is 20.2 Å². The molecule has 1 unspecified atom stereocenters. The quantitative estimate of drug-likeness (QED) is 0.789. The SMILES string of the molecule is OC(c1ccccc1)(c1ccccc1)C1C=CC=C1I. The van der Waals surface area contributed by atoms with Gasteiger partial charge in [0.05, 0.1) is 0 Å². The molecule has 1 atom stereocenters. The van der Waals surface area contributed by atoms with E-state index in [0.717, 1.165) is 14.7 Å². The molecule has 0 fully saturated rings.